The Bertz CT molecular complexity index is 1230. The van der Waals surface area contributed by atoms with Crippen LogP contribution in [0, 0.1) is 0 Å². The molecule has 0 bridgehead atoms. The number of carboxylic acids is 1. The summed E-state index contributed by atoms with van der Waals surface area (Å²) in [5.41, 5.74) is 17.8. The highest BCUT2D eigenvalue weighted by molar-refractivity contribution is 5.96. The standard InChI is InChI=1S/C31H49N7O9/c32-11-3-1-5-22(34)29(44)37-16-20(40)14-25(37)28(43)36-24(13-18-7-9-19(39)10-8-18)27(42)35-23(6-2-4-12-33)30(45)38-17-21(41)15-26(38)31(46)47/h7-10,20-26,39-41H,1-6,11-17,32-34H2,(H,35,42)(H,36,43)(H,46,47)/t20-,21-,22+,23+,24+,25+,26+/m1/s1. The zero-order valence-electron chi connectivity index (χ0n) is 26.5. The number of benzene rings is 1. The lowest BCUT2D eigenvalue weighted by Crippen LogP contribution is -2.58. The molecule has 2 aliphatic rings. The van der Waals surface area contributed by atoms with Crippen molar-refractivity contribution in [3.63, 3.8) is 0 Å². The number of aliphatic carboxylic acids is 1. The van der Waals surface area contributed by atoms with Crippen molar-refractivity contribution in [2.75, 3.05) is 26.2 Å². The second-order valence-electron chi connectivity index (χ2n) is 12.3. The number of hydrogen-bond donors (Lipinski definition) is 9. The molecule has 0 unspecified atom stereocenters. The van der Waals surface area contributed by atoms with Gasteiger partial charge in [-0.15, -0.1) is 0 Å². The van der Waals surface area contributed by atoms with E-state index in [-0.39, 0.29) is 44.5 Å². The van der Waals surface area contributed by atoms with Crippen LogP contribution in [0.5, 0.6) is 5.75 Å². The molecule has 7 atom stereocenters. The SMILES string of the molecule is NCCCC[C@H](NC(=O)[C@H](Cc1ccc(O)cc1)NC(=O)[C@@H]1C[C@@H](O)CN1C(=O)[C@@H](N)CCCCN)C(=O)N1C[C@H](O)C[C@H]1C(=O)O. The minimum atomic E-state index is -1.28. The van der Waals surface area contributed by atoms with Gasteiger partial charge in [0.05, 0.1) is 18.2 Å². The Balaban J connectivity index is 1.84. The number of carboxylic acid groups (broad SMARTS) is 1. The molecule has 0 saturated carbocycles. The van der Waals surface area contributed by atoms with Crippen LogP contribution >= 0.6 is 0 Å². The van der Waals surface area contributed by atoms with Gasteiger partial charge in [0, 0.05) is 32.4 Å². The third-order valence-corrected chi connectivity index (χ3v) is 8.57. The van der Waals surface area contributed by atoms with Crippen LogP contribution in [-0.4, -0.2) is 128 Å². The lowest BCUT2D eigenvalue weighted by Gasteiger charge is -2.30. The molecule has 0 radical (unpaired) electrons. The Morgan fingerprint density at radius 1 is 0.787 bits per heavy atom. The highest BCUT2D eigenvalue weighted by atomic mass is 16.4. The first kappa shape index (κ1) is 37.6. The van der Waals surface area contributed by atoms with Crippen LogP contribution in [-0.2, 0) is 30.4 Å². The van der Waals surface area contributed by atoms with E-state index in [1.165, 1.54) is 17.0 Å². The molecule has 1 aromatic carbocycles. The number of nitrogens with one attached hydrogen (secondary N) is 2. The number of likely N-dealkylation sites (tertiary alicyclic amines) is 2. The highest BCUT2D eigenvalue weighted by Gasteiger charge is 2.43. The predicted octanol–water partition coefficient (Wildman–Crippen LogP) is -2.50. The van der Waals surface area contributed by atoms with Gasteiger partial charge >= 0.3 is 5.97 Å². The molecule has 1 aromatic rings. The van der Waals surface area contributed by atoms with Crippen LogP contribution in [0.3, 0.4) is 0 Å². The number of carbonyl (C=O) groups excluding carboxylic acids is 4. The monoisotopic (exact) mass is 663 g/mol. The number of aliphatic hydroxyl groups excluding tert-OH is 2. The summed E-state index contributed by atoms with van der Waals surface area (Å²) in [7, 11) is 0. The number of aromatic hydroxyl groups is 1. The van der Waals surface area contributed by atoms with E-state index in [2.05, 4.69) is 10.6 Å². The van der Waals surface area contributed by atoms with Gasteiger partial charge in [0.2, 0.25) is 23.6 Å². The molecule has 2 heterocycles. The number of nitrogens with two attached hydrogens (primary N) is 3. The molecule has 2 fully saturated rings. The Morgan fingerprint density at radius 3 is 1.91 bits per heavy atom. The van der Waals surface area contributed by atoms with Crippen LogP contribution < -0.4 is 27.8 Å². The van der Waals surface area contributed by atoms with Crippen LogP contribution in [0.25, 0.3) is 0 Å². The van der Waals surface area contributed by atoms with Gasteiger partial charge in [-0.05, 0) is 62.9 Å². The topological polar surface area (TPSA) is 275 Å². The third kappa shape index (κ3) is 10.6. The number of nitrogens with zero attached hydrogens (tertiary/aromatic N) is 2. The Hall–Kier alpha value is -3.83. The average molecular weight is 664 g/mol. The normalized spacial score (nSPS) is 22.8. The number of unbranched alkanes of at least 4 members (excludes halogenated alkanes) is 2. The fraction of sp³-hybridized carbons (Fsp3) is 0.645. The minimum absolute atomic E-state index is 0.0120. The first-order chi connectivity index (χ1) is 22.4. The van der Waals surface area contributed by atoms with E-state index in [0.29, 0.717) is 50.8 Å². The molecule has 262 valence electrons. The lowest BCUT2D eigenvalue weighted by molar-refractivity contribution is -0.149. The van der Waals surface area contributed by atoms with E-state index in [1.807, 2.05) is 0 Å². The van der Waals surface area contributed by atoms with E-state index in [9.17, 15) is 44.4 Å². The zero-order chi connectivity index (χ0) is 34.7. The fourth-order valence-electron chi connectivity index (χ4n) is 6.01. The molecule has 4 amide bonds. The highest BCUT2D eigenvalue weighted by Crippen LogP contribution is 2.22. The van der Waals surface area contributed by atoms with Gasteiger partial charge in [0.15, 0.2) is 0 Å². The molecule has 0 aromatic heterocycles. The second-order valence-corrected chi connectivity index (χ2v) is 12.3. The van der Waals surface area contributed by atoms with Crippen molar-refractivity contribution in [2.24, 2.45) is 17.2 Å². The van der Waals surface area contributed by atoms with Gasteiger partial charge < -0.3 is 58.1 Å². The first-order valence-electron chi connectivity index (χ1n) is 16.1. The second kappa shape index (κ2) is 17.9. The summed E-state index contributed by atoms with van der Waals surface area (Å²) in [5, 5.41) is 45.2. The minimum Gasteiger partial charge on any atom is -0.508 e. The Morgan fingerprint density at radius 2 is 1.34 bits per heavy atom. The summed E-state index contributed by atoms with van der Waals surface area (Å²) >= 11 is 0. The molecule has 0 spiro atoms. The quantitative estimate of drug-likeness (QED) is 0.0783. The molecule has 3 rings (SSSR count). The van der Waals surface area contributed by atoms with Crippen molar-refractivity contribution in [1.29, 1.82) is 0 Å². The van der Waals surface area contributed by atoms with Crippen LogP contribution in [0.1, 0.15) is 56.9 Å². The summed E-state index contributed by atoms with van der Waals surface area (Å²) < 4.78 is 0. The maximum atomic E-state index is 13.8. The smallest absolute Gasteiger partial charge is 0.326 e. The fourth-order valence-corrected chi connectivity index (χ4v) is 6.01. The Kier molecular flexibility index (Phi) is 14.3. The van der Waals surface area contributed by atoms with Crippen molar-refractivity contribution in [1.82, 2.24) is 20.4 Å². The Labute approximate surface area is 273 Å². The van der Waals surface area contributed by atoms with E-state index >= 15 is 0 Å². The summed E-state index contributed by atoms with van der Waals surface area (Å²) in [6, 6.07) is 0.204. The number of phenolic OH excluding ortho intramolecular Hbond substituents is 1. The van der Waals surface area contributed by atoms with Crippen molar-refractivity contribution in [3.05, 3.63) is 29.8 Å². The number of carbonyl (C=O) groups is 5. The van der Waals surface area contributed by atoms with Gasteiger partial charge in [-0.3, -0.25) is 19.2 Å². The van der Waals surface area contributed by atoms with E-state index in [0.717, 1.165) is 4.90 Å². The van der Waals surface area contributed by atoms with Crippen molar-refractivity contribution in [2.45, 2.75) is 100 Å². The predicted molar refractivity (Wildman–Crippen MR) is 169 cm³/mol. The number of amides is 4. The molecule has 2 saturated heterocycles. The van der Waals surface area contributed by atoms with Crippen molar-refractivity contribution in [3.8, 4) is 5.75 Å². The number of phenols is 1. The number of aliphatic hydroxyl groups is 2. The maximum Gasteiger partial charge on any atom is 0.326 e. The number of rotatable bonds is 17. The van der Waals surface area contributed by atoms with Gasteiger partial charge in [-0.2, -0.15) is 0 Å². The average Bonchev–Trinajstić information content (AvgIpc) is 3.63. The summed E-state index contributed by atoms with van der Waals surface area (Å²) in [4.78, 5) is 68.4. The van der Waals surface area contributed by atoms with E-state index < -0.39 is 72.0 Å². The molecule has 47 heavy (non-hydrogen) atoms. The molecule has 16 nitrogen and oxygen atoms in total. The van der Waals surface area contributed by atoms with Gasteiger partial charge in [-0.1, -0.05) is 18.6 Å². The van der Waals surface area contributed by atoms with Crippen LogP contribution in [0.4, 0.5) is 0 Å². The molecule has 2 aliphatic heterocycles. The number of β-amino-alcohol motifs (C(OH)–C–C–N with tert-alkyl or cyclic N) is 2. The van der Waals surface area contributed by atoms with Gasteiger partial charge in [-0.25, -0.2) is 4.79 Å². The van der Waals surface area contributed by atoms with Crippen LogP contribution in [0.2, 0.25) is 0 Å². The largest absolute Gasteiger partial charge is 0.508 e. The zero-order valence-corrected chi connectivity index (χ0v) is 26.5. The third-order valence-electron chi connectivity index (χ3n) is 8.57. The number of hydrogen-bond acceptors (Lipinski definition) is 11. The first-order valence-corrected chi connectivity index (χ1v) is 16.1. The van der Waals surface area contributed by atoms with Crippen molar-refractivity contribution < 1.29 is 44.4 Å². The van der Waals surface area contributed by atoms with Crippen molar-refractivity contribution >= 4 is 29.6 Å². The van der Waals surface area contributed by atoms with Gasteiger partial charge in [0.25, 0.3) is 0 Å². The van der Waals surface area contributed by atoms with Gasteiger partial charge in [0.1, 0.15) is 29.9 Å². The summed E-state index contributed by atoms with van der Waals surface area (Å²) in [5.74, 6) is -3.95. The van der Waals surface area contributed by atoms with E-state index in [1.54, 1.807) is 12.1 Å². The molecular formula is C31H49N7O9. The molecule has 12 N–H and O–H groups in total. The summed E-state index contributed by atoms with van der Waals surface area (Å²) in [6.45, 7) is 0.446. The molecule has 0 aliphatic carbocycles. The molecule has 16 heteroatoms. The summed E-state index contributed by atoms with van der Waals surface area (Å²) in [6.07, 6.45) is 0.397. The van der Waals surface area contributed by atoms with E-state index in [4.69, 9.17) is 17.2 Å². The molecular weight excluding hydrogens is 614 g/mol. The van der Waals surface area contributed by atoms with Crippen LogP contribution in [0.15, 0.2) is 24.3 Å². The lowest BCUT2D eigenvalue weighted by atomic mass is 10.0. The maximum absolute atomic E-state index is 13.8.